The van der Waals surface area contributed by atoms with E-state index in [0.29, 0.717) is 13.0 Å². The molecule has 0 aliphatic rings. The molecule has 2 aromatic carbocycles. The van der Waals surface area contributed by atoms with Gasteiger partial charge in [-0.25, -0.2) is 0 Å². The van der Waals surface area contributed by atoms with Gasteiger partial charge in [0.25, 0.3) is 0 Å². The van der Waals surface area contributed by atoms with E-state index >= 15 is 0 Å². The zero-order valence-corrected chi connectivity index (χ0v) is 13.8. The van der Waals surface area contributed by atoms with Crippen molar-refractivity contribution in [1.29, 1.82) is 0 Å². The van der Waals surface area contributed by atoms with Gasteiger partial charge >= 0.3 is 0 Å². The summed E-state index contributed by atoms with van der Waals surface area (Å²) in [5.74, 6) is -0.114. The van der Waals surface area contributed by atoms with Crippen molar-refractivity contribution in [3.63, 3.8) is 0 Å². The summed E-state index contributed by atoms with van der Waals surface area (Å²) in [6.45, 7) is 0.540. The van der Waals surface area contributed by atoms with Crippen LogP contribution in [-0.4, -0.2) is 37.5 Å². The van der Waals surface area contributed by atoms with Crippen LogP contribution in [0.1, 0.15) is 17.2 Å². The summed E-state index contributed by atoms with van der Waals surface area (Å²) < 4.78 is 0. The average molecular weight is 311 g/mol. The van der Waals surface area contributed by atoms with Crippen LogP contribution in [0.4, 0.5) is 0 Å². The number of benzene rings is 2. The highest BCUT2D eigenvalue weighted by Gasteiger charge is 2.18. The number of nitrogens with two attached hydrogens (primary N) is 1. The Balaban J connectivity index is 1.91. The second-order valence-corrected chi connectivity index (χ2v) is 5.93. The first-order valence-corrected chi connectivity index (χ1v) is 7.86. The molecule has 23 heavy (non-hydrogen) atoms. The number of nitrogens with one attached hydrogen (secondary N) is 1. The van der Waals surface area contributed by atoms with Gasteiger partial charge in [-0.2, -0.15) is 0 Å². The molecule has 0 saturated heterocycles. The van der Waals surface area contributed by atoms with Gasteiger partial charge in [-0.05, 0) is 31.6 Å². The monoisotopic (exact) mass is 311 g/mol. The second-order valence-electron chi connectivity index (χ2n) is 5.93. The predicted octanol–water partition coefficient (Wildman–Crippen LogP) is 1.98. The Kier molecular flexibility index (Phi) is 6.32. The third-order valence-corrected chi connectivity index (χ3v) is 3.91. The third-order valence-electron chi connectivity index (χ3n) is 3.91. The molecule has 3 N–H and O–H groups in total. The molecule has 0 aromatic heterocycles. The first kappa shape index (κ1) is 17.2. The summed E-state index contributed by atoms with van der Waals surface area (Å²) in [5.41, 5.74) is 8.27. The molecule has 0 aliphatic carbocycles. The van der Waals surface area contributed by atoms with Crippen molar-refractivity contribution in [2.45, 2.75) is 18.5 Å². The van der Waals surface area contributed by atoms with Crippen LogP contribution in [0.5, 0.6) is 0 Å². The smallest absolute Gasteiger partial charge is 0.237 e. The standard InChI is InChI=1S/C19H25N3O/c1-22(2)18(16-11-7-4-8-12-16)14-21-19(23)17(20)13-15-9-5-3-6-10-15/h3-12,17-18H,13-14,20H2,1-2H3,(H,21,23). The van der Waals surface area contributed by atoms with E-state index in [4.69, 9.17) is 5.73 Å². The van der Waals surface area contributed by atoms with E-state index in [9.17, 15) is 4.79 Å². The normalized spacial score (nSPS) is 13.6. The molecular weight excluding hydrogens is 286 g/mol. The fourth-order valence-corrected chi connectivity index (χ4v) is 2.56. The summed E-state index contributed by atoms with van der Waals surface area (Å²) in [7, 11) is 4.02. The number of carbonyl (C=O) groups excluding carboxylic acids is 1. The Labute approximate surface area is 138 Å². The molecule has 0 radical (unpaired) electrons. The lowest BCUT2D eigenvalue weighted by Crippen LogP contribution is -2.44. The molecule has 0 heterocycles. The number of nitrogens with zero attached hydrogens (tertiary/aromatic N) is 1. The lowest BCUT2D eigenvalue weighted by atomic mass is 10.0. The number of hydrogen-bond acceptors (Lipinski definition) is 3. The van der Waals surface area contributed by atoms with Crippen molar-refractivity contribution in [3.05, 3.63) is 71.8 Å². The summed E-state index contributed by atoms with van der Waals surface area (Å²) in [6.07, 6.45) is 0.546. The first-order valence-electron chi connectivity index (χ1n) is 7.86. The van der Waals surface area contributed by atoms with E-state index in [-0.39, 0.29) is 11.9 Å². The molecular formula is C19H25N3O. The van der Waals surface area contributed by atoms with Crippen molar-refractivity contribution < 1.29 is 4.79 Å². The van der Waals surface area contributed by atoms with Gasteiger partial charge in [-0.1, -0.05) is 60.7 Å². The van der Waals surface area contributed by atoms with E-state index < -0.39 is 6.04 Å². The Morgan fingerprint density at radius 1 is 1.04 bits per heavy atom. The van der Waals surface area contributed by atoms with Crippen LogP contribution in [0.3, 0.4) is 0 Å². The van der Waals surface area contributed by atoms with E-state index in [1.807, 2.05) is 62.6 Å². The molecule has 4 nitrogen and oxygen atoms in total. The van der Waals surface area contributed by atoms with Gasteiger partial charge in [0.2, 0.25) is 5.91 Å². The maximum atomic E-state index is 12.3. The Bertz CT molecular complexity index is 599. The van der Waals surface area contributed by atoms with Crippen LogP contribution in [0.15, 0.2) is 60.7 Å². The minimum absolute atomic E-state index is 0.114. The number of likely N-dealkylation sites (N-methyl/N-ethyl adjacent to an activating group) is 1. The van der Waals surface area contributed by atoms with Crippen molar-refractivity contribution in [2.24, 2.45) is 5.73 Å². The molecule has 0 aliphatic heterocycles. The molecule has 4 heteroatoms. The van der Waals surface area contributed by atoms with E-state index in [1.165, 1.54) is 5.56 Å². The number of amides is 1. The minimum Gasteiger partial charge on any atom is -0.353 e. The number of hydrogen-bond donors (Lipinski definition) is 2. The highest BCUT2D eigenvalue weighted by Crippen LogP contribution is 2.16. The van der Waals surface area contributed by atoms with Crippen LogP contribution >= 0.6 is 0 Å². The highest BCUT2D eigenvalue weighted by atomic mass is 16.2. The SMILES string of the molecule is CN(C)C(CNC(=O)C(N)Cc1ccccc1)c1ccccc1. The van der Waals surface area contributed by atoms with Crippen LogP contribution in [0.25, 0.3) is 0 Å². The largest absolute Gasteiger partial charge is 0.353 e. The molecule has 0 spiro atoms. The topological polar surface area (TPSA) is 58.4 Å². The van der Waals surface area contributed by atoms with Gasteiger partial charge in [0, 0.05) is 6.54 Å². The fourth-order valence-electron chi connectivity index (χ4n) is 2.56. The molecule has 2 atom stereocenters. The van der Waals surface area contributed by atoms with Crippen molar-refractivity contribution in [1.82, 2.24) is 10.2 Å². The molecule has 2 unspecified atom stereocenters. The van der Waals surface area contributed by atoms with Gasteiger partial charge in [0.15, 0.2) is 0 Å². The molecule has 0 bridgehead atoms. The molecule has 1 amide bonds. The highest BCUT2D eigenvalue weighted by molar-refractivity contribution is 5.81. The Morgan fingerprint density at radius 3 is 2.17 bits per heavy atom. The number of carbonyl (C=O) groups is 1. The maximum Gasteiger partial charge on any atom is 0.237 e. The van der Waals surface area contributed by atoms with Crippen LogP contribution in [0, 0.1) is 0 Å². The zero-order valence-electron chi connectivity index (χ0n) is 13.8. The summed E-state index contributed by atoms with van der Waals surface area (Å²) >= 11 is 0. The van der Waals surface area contributed by atoms with Crippen molar-refractivity contribution in [3.8, 4) is 0 Å². The van der Waals surface area contributed by atoms with Crippen LogP contribution in [0.2, 0.25) is 0 Å². The molecule has 2 rings (SSSR count). The Hall–Kier alpha value is -2.17. The summed E-state index contributed by atoms with van der Waals surface area (Å²) in [5, 5.41) is 2.98. The van der Waals surface area contributed by atoms with Crippen LogP contribution < -0.4 is 11.1 Å². The van der Waals surface area contributed by atoms with Gasteiger partial charge < -0.3 is 16.0 Å². The number of rotatable bonds is 7. The van der Waals surface area contributed by atoms with Crippen LogP contribution in [-0.2, 0) is 11.2 Å². The minimum atomic E-state index is -0.531. The van der Waals surface area contributed by atoms with Crippen molar-refractivity contribution in [2.75, 3.05) is 20.6 Å². The second kappa shape index (κ2) is 8.46. The zero-order chi connectivity index (χ0) is 16.7. The van der Waals surface area contributed by atoms with Gasteiger partial charge in [0.05, 0.1) is 12.1 Å². The Morgan fingerprint density at radius 2 is 1.61 bits per heavy atom. The van der Waals surface area contributed by atoms with E-state index in [1.54, 1.807) is 0 Å². The molecule has 122 valence electrons. The van der Waals surface area contributed by atoms with Crippen molar-refractivity contribution >= 4 is 5.91 Å². The van der Waals surface area contributed by atoms with Gasteiger partial charge in [-0.15, -0.1) is 0 Å². The summed E-state index contributed by atoms with van der Waals surface area (Å²) in [4.78, 5) is 14.3. The van der Waals surface area contributed by atoms with E-state index in [2.05, 4.69) is 22.3 Å². The quantitative estimate of drug-likeness (QED) is 0.822. The van der Waals surface area contributed by atoms with E-state index in [0.717, 1.165) is 5.56 Å². The lowest BCUT2D eigenvalue weighted by molar-refractivity contribution is -0.122. The van der Waals surface area contributed by atoms with Gasteiger partial charge in [0.1, 0.15) is 0 Å². The maximum absolute atomic E-state index is 12.3. The van der Waals surface area contributed by atoms with Gasteiger partial charge in [-0.3, -0.25) is 4.79 Å². The fraction of sp³-hybridized carbons (Fsp3) is 0.316. The molecule has 0 saturated carbocycles. The lowest BCUT2D eigenvalue weighted by Gasteiger charge is -2.25. The average Bonchev–Trinajstić information content (AvgIpc) is 2.56. The first-order chi connectivity index (χ1) is 11.1. The molecule has 0 fully saturated rings. The third kappa shape index (κ3) is 5.20. The molecule has 2 aromatic rings. The summed E-state index contributed by atoms with van der Waals surface area (Å²) in [6, 6.07) is 19.6. The predicted molar refractivity (Wildman–Crippen MR) is 94.0 cm³/mol.